The summed E-state index contributed by atoms with van der Waals surface area (Å²) in [6, 6.07) is 4.49. The fourth-order valence-electron chi connectivity index (χ4n) is 5.29. The van der Waals surface area contributed by atoms with Crippen molar-refractivity contribution >= 4 is 24.9 Å². The van der Waals surface area contributed by atoms with Crippen molar-refractivity contribution in [3.63, 3.8) is 0 Å². The number of rotatable bonds is 5. The molecule has 3 unspecified atom stereocenters. The Kier molecular flexibility index (Phi) is 6.03. The summed E-state index contributed by atoms with van der Waals surface area (Å²) >= 11 is 6.80. The lowest BCUT2D eigenvalue weighted by Crippen LogP contribution is -2.48. The maximum absolute atomic E-state index is 6.80. The summed E-state index contributed by atoms with van der Waals surface area (Å²) in [5.41, 5.74) is 3.63. The van der Waals surface area contributed by atoms with Crippen molar-refractivity contribution < 1.29 is 4.74 Å². The lowest BCUT2D eigenvalue weighted by atomic mass is 9.87. The molecule has 0 aliphatic heterocycles. The predicted octanol–water partition coefficient (Wildman–Crippen LogP) is 7.03. The Bertz CT molecular complexity index is 813. The van der Waals surface area contributed by atoms with Crippen LogP contribution in [0.1, 0.15) is 46.1 Å². The van der Waals surface area contributed by atoms with Crippen molar-refractivity contribution in [1.82, 2.24) is 0 Å². The first-order chi connectivity index (χ1) is 13.1. The Morgan fingerprint density at radius 1 is 1.29 bits per heavy atom. The minimum Gasteiger partial charge on any atom is -0.488 e. The molecule has 1 saturated carbocycles. The number of allylic oxidation sites excluding steroid dienone is 4. The number of ether oxygens (including phenoxy) is 1. The van der Waals surface area contributed by atoms with Gasteiger partial charge in [-0.3, -0.25) is 0 Å². The molecule has 1 fully saturated rings. The molecule has 1 nitrogen and oxygen atoms in total. The van der Waals surface area contributed by atoms with Gasteiger partial charge in [0, 0.05) is 0 Å². The molecule has 0 heterocycles. The fraction of sp³-hybridized carbons (Fsp3) is 0.520. The number of hydrogen-bond acceptors (Lipinski definition) is 1. The first kappa shape index (κ1) is 21.5. The third kappa shape index (κ3) is 3.91. The quantitative estimate of drug-likeness (QED) is 0.371. The van der Waals surface area contributed by atoms with Gasteiger partial charge >= 0.3 is 0 Å². The van der Waals surface area contributed by atoms with E-state index >= 15 is 0 Å². The van der Waals surface area contributed by atoms with Crippen LogP contribution in [0.15, 0.2) is 48.6 Å². The molecule has 3 heteroatoms. The van der Waals surface area contributed by atoms with E-state index in [2.05, 4.69) is 77.7 Å². The second-order valence-corrected chi connectivity index (χ2v) is 15.1. The molecule has 28 heavy (non-hydrogen) atoms. The Balaban J connectivity index is 2.16. The van der Waals surface area contributed by atoms with E-state index in [0.717, 1.165) is 16.7 Å². The highest BCUT2D eigenvalue weighted by Crippen LogP contribution is 2.53. The SMILES string of the molecule is C=CCOc1c(Cl)cc(C(C)(C)C)cc1[Si](C)(C)C1C2=CC=CCC2CC1C. The van der Waals surface area contributed by atoms with Gasteiger partial charge in [-0.2, -0.15) is 0 Å². The van der Waals surface area contributed by atoms with Gasteiger partial charge in [0.2, 0.25) is 0 Å². The van der Waals surface area contributed by atoms with E-state index in [9.17, 15) is 0 Å². The van der Waals surface area contributed by atoms with Gasteiger partial charge in [0.05, 0.1) is 13.1 Å². The standard InChI is InChI=1S/C25H35ClOSi/c1-8-13-27-23-21(26)15-19(25(3,4)5)16-22(23)28(6,7)24-17(2)14-18-11-9-10-12-20(18)24/h8-10,12,15-18,24H,1,11,13-14H2,2-7H3. The molecule has 2 aliphatic carbocycles. The molecular formula is C25H35ClOSi. The van der Waals surface area contributed by atoms with Crippen molar-refractivity contribution in [3.05, 3.63) is 59.2 Å². The zero-order valence-electron chi connectivity index (χ0n) is 18.3. The number of benzene rings is 1. The van der Waals surface area contributed by atoms with E-state index in [-0.39, 0.29) is 5.41 Å². The Labute approximate surface area is 177 Å². The Hall–Kier alpha value is -1.25. The third-order valence-electron chi connectivity index (χ3n) is 6.63. The van der Waals surface area contributed by atoms with E-state index in [1.165, 1.54) is 23.6 Å². The zero-order chi connectivity index (χ0) is 20.7. The lowest BCUT2D eigenvalue weighted by molar-refractivity contribution is 0.365. The second-order valence-electron chi connectivity index (χ2n) is 10.1. The topological polar surface area (TPSA) is 9.23 Å². The van der Waals surface area contributed by atoms with Crippen LogP contribution in [-0.2, 0) is 5.41 Å². The minimum atomic E-state index is -1.90. The van der Waals surface area contributed by atoms with Crippen molar-refractivity contribution in [2.45, 2.75) is 64.6 Å². The Morgan fingerprint density at radius 3 is 2.64 bits per heavy atom. The van der Waals surface area contributed by atoms with Crippen molar-refractivity contribution in [2.24, 2.45) is 11.8 Å². The van der Waals surface area contributed by atoms with Crippen molar-refractivity contribution in [2.75, 3.05) is 6.61 Å². The largest absolute Gasteiger partial charge is 0.488 e. The van der Waals surface area contributed by atoms with E-state index in [1.807, 2.05) is 0 Å². The van der Waals surface area contributed by atoms with Crippen LogP contribution in [0.25, 0.3) is 0 Å². The van der Waals surface area contributed by atoms with E-state index in [0.29, 0.717) is 18.1 Å². The second kappa shape index (κ2) is 7.87. The average Bonchev–Trinajstić information content (AvgIpc) is 2.95. The highest BCUT2D eigenvalue weighted by Gasteiger charge is 2.48. The highest BCUT2D eigenvalue weighted by atomic mass is 35.5. The van der Waals surface area contributed by atoms with Gasteiger partial charge in [0.25, 0.3) is 0 Å². The number of fused-ring (bicyclic) bond motifs is 1. The Morgan fingerprint density at radius 2 is 2.00 bits per heavy atom. The lowest BCUT2D eigenvalue weighted by Gasteiger charge is -2.37. The van der Waals surface area contributed by atoms with Gasteiger partial charge in [-0.15, -0.1) is 0 Å². The van der Waals surface area contributed by atoms with Crippen LogP contribution in [0.4, 0.5) is 0 Å². The molecule has 2 aliphatic rings. The third-order valence-corrected chi connectivity index (χ3v) is 11.1. The first-order valence-corrected chi connectivity index (χ1v) is 14.0. The molecule has 3 rings (SSSR count). The summed E-state index contributed by atoms with van der Waals surface area (Å²) in [7, 11) is -1.90. The van der Waals surface area contributed by atoms with Gasteiger partial charge in [-0.05, 0) is 52.5 Å². The van der Waals surface area contributed by atoms with Gasteiger partial charge in [-0.1, -0.05) is 94.9 Å². The fourth-order valence-corrected chi connectivity index (χ4v) is 10.0. The monoisotopic (exact) mass is 414 g/mol. The predicted molar refractivity (Wildman–Crippen MR) is 126 cm³/mol. The van der Waals surface area contributed by atoms with Crippen LogP contribution < -0.4 is 9.92 Å². The highest BCUT2D eigenvalue weighted by molar-refractivity contribution is 6.92. The summed E-state index contributed by atoms with van der Waals surface area (Å²) < 4.78 is 6.15. The van der Waals surface area contributed by atoms with Crippen molar-refractivity contribution in [3.8, 4) is 5.75 Å². The summed E-state index contributed by atoms with van der Waals surface area (Å²) in [4.78, 5) is 0. The van der Waals surface area contributed by atoms with Gasteiger partial charge in [0.15, 0.2) is 0 Å². The van der Waals surface area contributed by atoms with Gasteiger partial charge < -0.3 is 4.74 Å². The van der Waals surface area contributed by atoms with E-state index < -0.39 is 8.07 Å². The van der Waals surface area contributed by atoms with Crippen LogP contribution >= 0.6 is 11.6 Å². The molecule has 1 aromatic carbocycles. The van der Waals surface area contributed by atoms with Crippen LogP contribution in [0.5, 0.6) is 5.75 Å². The minimum absolute atomic E-state index is 0.0521. The normalized spacial score (nSPS) is 24.7. The summed E-state index contributed by atoms with van der Waals surface area (Å²) in [6.07, 6.45) is 11.3. The smallest absolute Gasteiger partial charge is 0.137 e. The molecule has 1 aromatic rings. The molecule has 152 valence electrons. The number of halogens is 1. The molecule has 0 N–H and O–H groups in total. The molecule has 0 radical (unpaired) electrons. The summed E-state index contributed by atoms with van der Waals surface area (Å²) in [6.45, 7) is 18.5. The zero-order valence-corrected chi connectivity index (χ0v) is 20.1. The van der Waals surface area contributed by atoms with Crippen LogP contribution in [0.3, 0.4) is 0 Å². The molecule has 0 amide bonds. The van der Waals surface area contributed by atoms with Crippen LogP contribution in [0, 0.1) is 11.8 Å². The number of hydrogen-bond donors (Lipinski definition) is 0. The maximum Gasteiger partial charge on any atom is 0.137 e. The van der Waals surface area contributed by atoms with E-state index in [4.69, 9.17) is 16.3 Å². The van der Waals surface area contributed by atoms with Gasteiger partial charge in [0.1, 0.15) is 12.4 Å². The molecule has 0 aromatic heterocycles. The maximum atomic E-state index is 6.80. The molecule has 0 spiro atoms. The van der Waals surface area contributed by atoms with Gasteiger partial charge in [-0.25, -0.2) is 0 Å². The summed E-state index contributed by atoms with van der Waals surface area (Å²) in [5.74, 6) is 2.30. The van der Waals surface area contributed by atoms with Crippen molar-refractivity contribution in [1.29, 1.82) is 0 Å². The molecule has 0 saturated heterocycles. The van der Waals surface area contributed by atoms with Crippen LogP contribution in [-0.4, -0.2) is 14.7 Å². The van der Waals surface area contributed by atoms with E-state index in [1.54, 1.807) is 11.6 Å². The molecule has 3 atom stereocenters. The first-order valence-electron chi connectivity index (χ1n) is 10.5. The summed E-state index contributed by atoms with van der Waals surface area (Å²) in [5, 5.41) is 2.10. The van der Waals surface area contributed by atoms with Crippen LogP contribution in [0.2, 0.25) is 23.7 Å². The molecular weight excluding hydrogens is 380 g/mol. The molecule has 0 bridgehead atoms. The average molecular weight is 415 g/mol.